The second kappa shape index (κ2) is 4.73. The van der Waals surface area contributed by atoms with Gasteiger partial charge in [-0.15, -0.1) is 0 Å². The number of rotatable bonds is 3. The first-order valence-electron chi connectivity index (χ1n) is 6.60. The second-order valence-electron chi connectivity index (χ2n) is 5.76. The molecule has 2 unspecified atom stereocenters. The highest BCUT2D eigenvalue weighted by Gasteiger charge is 2.34. The predicted octanol–water partition coefficient (Wildman–Crippen LogP) is 2.16. The Bertz CT molecular complexity index is 454. The zero-order valence-corrected chi connectivity index (χ0v) is 11.4. The third kappa shape index (κ3) is 2.27. The van der Waals surface area contributed by atoms with Gasteiger partial charge >= 0.3 is 0 Å². The van der Waals surface area contributed by atoms with Crippen LogP contribution in [0.4, 0.5) is 0 Å². The Morgan fingerprint density at radius 3 is 2.78 bits per heavy atom. The molecule has 0 aliphatic heterocycles. The van der Waals surface area contributed by atoms with Crippen molar-refractivity contribution in [3.05, 3.63) is 35.4 Å². The summed E-state index contributed by atoms with van der Waals surface area (Å²) in [5, 5.41) is 3.11. The molecule has 0 saturated carbocycles. The third-order valence-electron chi connectivity index (χ3n) is 4.06. The van der Waals surface area contributed by atoms with Crippen LogP contribution in [-0.2, 0) is 11.2 Å². The van der Waals surface area contributed by atoms with Crippen LogP contribution in [0, 0.1) is 5.41 Å². The summed E-state index contributed by atoms with van der Waals surface area (Å²) >= 11 is 0. The van der Waals surface area contributed by atoms with Gasteiger partial charge in [-0.05, 0) is 24.0 Å². The summed E-state index contributed by atoms with van der Waals surface area (Å²) in [4.78, 5) is 12.2. The van der Waals surface area contributed by atoms with Gasteiger partial charge in [-0.25, -0.2) is 0 Å². The molecule has 0 spiro atoms. The molecule has 0 heterocycles. The van der Waals surface area contributed by atoms with Crippen LogP contribution in [0.15, 0.2) is 24.3 Å². The van der Waals surface area contributed by atoms with E-state index in [1.807, 2.05) is 32.9 Å². The molecule has 1 amide bonds. The fourth-order valence-corrected chi connectivity index (χ4v) is 2.31. The molecule has 1 aromatic carbocycles. The van der Waals surface area contributed by atoms with Crippen molar-refractivity contribution < 1.29 is 4.79 Å². The number of nitrogens with two attached hydrogens (primary N) is 1. The lowest BCUT2D eigenvalue weighted by Crippen LogP contribution is -2.43. The van der Waals surface area contributed by atoms with Crippen molar-refractivity contribution in [2.24, 2.45) is 11.1 Å². The number of carbonyl (C=O) groups is 1. The highest BCUT2D eigenvalue weighted by molar-refractivity contribution is 5.82. The second-order valence-corrected chi connectivity index (χ2v) is 5.76. The minimum Gasteiger partial charge on any atom is -0.347 e. The Labute approximate surface area is 109 Å². The van der Waals surface area contributed by atoms with Crippen LogP contribution < -0.4 is 11.1 Å². The van der Waals surface area contributed by atoms with E-state index in [2.05, 4.69) is 17.4 Å². The van der Waals surface area contributed by atoms with Gasteiger partial charge in [0.05, 0.1) is 6.04 Å². The third-order valence-corrected chi connectivity index (χ3v) is 4.06. The smallest absolute Gasteiger partial charge is 0.226 e. The molecule has 1 aromatic rings. The number of hydrogen-bond acceptors (Lipinski definition) is 2. The largest absolute Gasteiger partial charge is 0.347 e. The van der Waals surface area contributed by atoms with Crippen LogP contribution in [0.1, 0.15) is 44.4 Å². The summed E-state index contributed by atoms with van der Waals surface area (Å²) < 4.78 is 0. The molecule has 98 valence electrons. The first-order valence-corrected chi connectivity index (χ1v) is 6.60. The molecular weight excluding hydrogens is 224 g/mol. The molecule has 0 aromatic heterocycles. The molecule has 2 atom stereocenters. The fraction of sp³-hybridized carbons (Fsp3) is 0.533. The van der Waals surface area contributed by atoms with Crippen molar-refractivity contribution in [1.82, 2.24) is 5.32 Å². The molecule has 0 saturated heterocycles. The zero-order chi connectivity index (χ0) is 13.3. The maximum absolute atomic E-state index is 12.2. The van der Waals surface area contributed by atoms with Gasteiger partial charge < -0.3 is 11.1 Å². The van der Waals surface area contributed by atoms with E-state index in [1.165, 1.54) is 11.1 Å². The maximum atomic E-state index is 12.2. The van der Waals surface area contributed by atoms with E-state index < -0.39 is 0 Å². The average molecular weight is 246 g/mol. The minimum atomic E-state index is -0.336. The van der Waals surface area contributed by atoms with Gasteiger partial charge in [0.25, 0.3) is 0 Å². The van der Waals surface area contributed by atoms with Gasteiger partial charge in [0.1, 0.15) is 0 Å². The fourth-order valence-electron chi connectivity index (χ4n) is 2.31. The van der Waals surface area contributed by atoms with Crippen LogP contribution in [0.25, 0.3) is 0 Å². The summed E-state index contributed by atoms with van der Waals surface area (Å²) in [6, 6.07) is 8.11. The van der Waals surface area contributed by atoms with E-state index in [0.29, 0.717) is 0 Å². The quantitative estimate of drug-likeness (QED) is 0.858. The van der Waals surface area contributed by atoms with Crippen molar-refractivity contribution in [3.63, 3.8) is 0 Å². The molecule has 0 radical (unpaired) electrons. The molecule has 3 heteroatoms. The minimum absolute atomic E-state index is 0.0148. The van der Waals surface area contributed by atoms with E-state index in [0.717, 1.165) is 12.8 Å². The van der Waals surface area contributed by atoms with Crippen LogP contribution >= 0.6 is 0 Å². The Kier molecular flexibility index (Phi) is 3.44. The zero-order valence-electron chi connectivity index (χ0n) is 11.4. The van der Waals surface area contributed by atoms with Gasteiger partial charge in [-0.3, -0.25) is 4.79 Å². The molecule has 1 aliphatic rings. The van der Waals surface area contributed by atoms with Gasteiger partial charge in [-0.2, -0.15) is 0 Å². The van der Waals surface area contributed by atoms with Gasteiger partial charge in [0, 0.05) is 11.5 Å². The summed E-state index contributed by atoms with van der Waals surface area (Å²) in [6.07, 6.45) is 1.66. The van der Waals surface area contributed by atoms with E-state index >= 15 is 0 Å². The van der Waals surface area contributed by atoms with E-state index in [9.17, 15) is 4.79 Å². The number of benzene rings is 1. The monoisotopic (exact) mass is 246 g/mol. The Morgan fingerprint density at radius 2 is 2.11 bits per heavy atom. The number of hydrogen-bond donors (Lipinski definition) is 2. The van der Waals surface area contributed by atoms with E-state index in [-0.39, 0.29) is 23.4 Å². The number of carbonyl (C=O) groups excluding carboxylic acids is 1. The topological polar surface area (TPSA) is 55.1 Å². The molecule has 0 bridgehead atoms. The first kappa shape index (κ1) is 13.1. The lowest BCUT2D eigenvalue weighted by atomic mass is 9.88. The summed E-state index contributed by atoms with van der Waals surface area (Å²) in [7, 11) is 0. The van der Waals surface area contributed by atoms with Gasteiger partial charge in [0.15, 0.2) is 0 Å². The van der Waals surface area contributed by atoms with Crippen LogP contribution in [0.3, 0.4) is 0 Å². The number of fused-ring (bicyclic) bond motifs is 1. The van der Waals surface area contributed by atoms with Crippen molar-refractivity contribution in [3.8, 4) is 0 Å². The van der Waals surface area contributed by atoms with E-state index in [4.69, 9.17) is 5.73 Å². The molecule has 3 nitrogen and oxygen atoms in total. The molecular formula is C15H22N2O. The lowest BCUT2D eigenvalue weighted by Gasteiger charge is -2.26. The summed E-state index contributed by atoms with van der Waals surface area (Å²) in [6.45, 7) is 5.96. The molecule has 0 fully saturated rings. The maximum Gasteiger partial charge on any atom is 0.226 e. The highest BCUT2D eigenvalue weighted by Crippen LogP contribution is 2.31. The molecule has 18 heavy (non-hydrogen) atoms. The normalized spacial score (nSPS) is 22.7. The van der Waals surface area contributed by atoms with Crippen molar-refractivity contribution >= 4 is 5.91 Å². The Morgan fingerprint density at radius 1 is 1.44 bits per heavy atom. The molecule has 3 N–H and O–H groups in total. The highest BCUT2D eigenvalue weighted by atomic mass is 16.2. The van der Waals surface area contributed by atoms with E-state index in [1.54, 1.807) is 0 Å². The summed E-state index contributed by atoms with van der Waals surface area (Å²) in [5.41, 5.74) is 8.24. The SMILES string of the molecule is CCC(C)(C)C(=O)NC1c2ccccc2CC1N. The van der Waals surface area contributed by atoms with Crippen molar-refractivity contribution in [2.45, 2.75) is 45.7 Å². The first-order chi connectivity index (χ1) is 8.45. The Balaban J connectivity index is 2.18. The standard InChI is InChI=1S/C15H22N2O/c1-4-15(2,3)14(18)17-13-11-8-6-5-7-10(11)9-12(13)16/h5-8,12-13H,4,9,16H2,1-3H3,(H,17,18). The molecule has 2 rings (SSSR count). The van der Waals surface area contributed by atoms with Crippen LogP contribution in [0.5, 0.6) is 0 Å². The van der Waals surface area contributed by atoms with Crippen molar-refractivity contribution in [2.75, 3.05) is 0 Å². The average Bonchev–Trinajstić information content (AvgIpc) is 2.66. The van der Waals surface area contributed by atoms with Crippen molar-refractivity contribution in [1.29, 1.82) is 0 Å². The van der Waals surface area contributed by atoms with Gasteiger partial charge in [0.2, 0.25) is 5.91 Å². The number of amides is 1. The lowest BCUT2D eigenvalue weighted by molar-refractivity contribution is -0.130. The summed E-state index contributed by atoms with van der Waals surface area (Å²) in [5.74, 6) is 0.0853. The Hall–Kier alpha value is -1.35. The van der Waals surface area contributed by atoms with Gasteiger partial charge in [-0.1, -0.05) is 45.0 Å². The predicted molar refractivity (Wildman–Crippen MR) is 73.1 cm³/mol. The molecule has 1 aliphatic carbocycles. The van der Waals surface area contributed by atoms with Crippen LogP contribution in [-0.4, -0.2) is 11.9 Å². The number of nitrogens with one attached hydrogen (secondary N) is 1. The van der Waals surface area contributed by atoms with Crippen LogP contribution in [0.2, 0.25) is 0 Å².